The summed E-state index contributed by atoms with van der Waals surface area (Å²) in [6, 6.07) is 7.76. The Morgan fingerprint density at radius 2 is 1.11 bits per heavy atom. The lowest BCUT2D eigenvalue weighted by Gasteiger charge is -2.34. The number of aliphatic hydroxyl groups is 1. The molecule has 10 heterocycles. The van der Waals surface area contributed by atoms with Gasteiger partial charge in [-0.1, -0.05) is 32.6 Å². The minimum absolute atomic E-state index is 0. The quantitative estimate of drug-likeness (QED) is 0.138. The number of anilines is 2. The molecule has 0 radical (unpaired) electrons. The number of hydrogen-bond donors (Lipinski definition) is 1. The Balaban J connectivity index is 0.000000157. The number of aryl methyl sites for hydroxylation is 2. The highest BCUT2D eigenvalue weighted by Gasteiger charge is 2.28. The normalized spacial score (nSPS) is 15.5. The second kappa shape index (κ2) is 21.9. The van der Waals surface area contributed by atoms with Gasteiger partial charge >= 0.3 is 0 Å². The van der Waals surface area contributed by atoms with Crippen molar-refractivity contribution in [1.82, 2.24) is 59.1 Å². The number of imidazole rings is 2. The van der Waals surface area contributed by atoms with Crippen LogP contribution in [0, 0.1) is 11.8 Å². The fourth-order valence-corrected chi connectivity index (χ4v) is 9.55. The van der Waals surface area contributed by atoms with Gasteiger partial charge in [-0.2, -0.15) is 0 Å². The maximum atomic E-state index is 9.55. The zero-order valence-electron chi connectivity index (χ0n) is 35.8. The molecule has 0 aliphatic carbocycles. The molecular weight excluding hydrogens is 913 g/mol. The summed E-state index contributed by atoms with van der Waals surface area (Å²) < 4.78 is 10.6. The Hall–Kier alpha value is -5.50. The van der Waals surface area contributed by atoms with Gasteiger partial charge in [0, 0.05) is 86.9 Å². The van der Waals surface area contributed by atoms with E-state index in [1.807, 2.05) is 68.4 Å². The molecule has 0 amide bonds. The van der Waals surface area contributed by atoms with Crippen molar-refractivity contribution in [1.29, 1.82) is 0 Å². The van der Waals surface area contributed by atoms with E-state index in [0.717, 1.165) is 113 Å². The van der Waals surface area contributed by atoms with Crippen LogP contribution < -0.4 is 14.5 Å². The van der Waals surface area contributed by atoms with Gasteiger partial charge in [0.05, 0.1) is 29.9 Å². The summed E-state index contributed by atoms with van der Waals surface area (Å²) >= 11 is 6.31. The highest BCUT2D eigenvalue weighted by molar-refractivity contribution is 9.11. The molecule has 0 bridgehead atoms. The number of ether oxygens (including phenoxy) is 1. The average Bonchev–Trinajstić information content (AvgIpc) is 4.11. The number of piperidine rings is 2. The first kappa shape index (κ1) is 46.5. The fraction of sp³-hybridized carbons (Fsp3) is 0.422. The molecule has 2 aliphatic heterocycles. The number of nitrogens with zero attached hydrogens (tertiary/aromatic N) is 14. The third-order valence-corrected chi connectivity index (χ3v) is 13.6. The maximum Gasteiger partial charge on any atom is 0.294 e. The Labute approximate surface area is 390 Å². The summed E-state index contributed by atoms with van der Waals surface area (Å²) in [6.07, 6.45) is 24.6. The van der Waals surface area contributed by atoms with Crippen molar-refractivity contribution >= 4 is 60.4 Å². The number of hydrogen-bond acceptors (Lipinski definition) is 16. The molecule has 2 aliphatic rings. The molecular formula is C45H55BrN14O2S2. The van der Waals surface area contributed by atoms with Crippen LogP contribution in [0.15, 0.2) is 90.2 Å². The Kier molecular flexibility index (Phi) is 15.9. The largest absolute Gasteiger partial charge is 0.466 e. The van der Waals surface area contributed by atoms with E-state index in [9.17, 15) is 5.11 Å². The van der Waals surface area contributed by atoms with Gasteiger partial charge in [0.25, 0.3) is 5.19 Å². The number of fused-ring (bicyclic) bond motifs is 2. The van der Waals surface area contributed by atoms with E-state index in [0.29, 0.717) is 17.0 Å². The van der Waals surface area contributed by atoms with Crippen LogP contribution in [0.4, 0.5) is 11.9 Å². The SMILES string of the molecule is Brc1nn2cc(-c3ccncc3)nc2s1.C.CCc1cnc(N2CCC(C(C)O)CC2)nc1.CCc1cnc(N2CCC(C(C)Oc3nn4cc(-c5ccncc5)nc4s3)CC2)nc1. The van der Waals surface area contributed by atoms with E-state index in [1.54, 1.807) is 33.8 Å². The lowest BCUT2D eigenvalue weighted by Crippen LogP contribution is -2.39. The fourth-order valence-electron chi connectivity index (χ4n) is 7.52. The average molecular weight is 968 g/mol. The van der Waals surface area contributed by atoms with E-state index >= 15 is 0 Å². The van der Waals surface area contributed by atoms with Crippen molar-refractivity contribution in [2.75, 3.05) is 36.0 Å². The Morgan fingerprint density at radius 3 is 1.53 bits per heavy atom. The van der Waals surface area contributed by atoms with E-state index < -0.39 is 0 Å². The summed E-state index contributed by atoms with van der Waals surface area (Å²) in [5.41, 5.74) is 6.24. The molecule has 19 heteroatoms. The van der Waals surface area contributed by atoms with Crippen molar-refractivity contribution in [3.63, 3.8) is 0 Å². The molecule has 2 fully saturated rings. The van der Waals surface area contributed by atoms with Crippen molar-refractivity contribution < 1.29 is 9.84 Å². The van der Waals surface area contributed by atoms with E-state index in [2.05, 4.69) is 96.6 Å². The molecule has 2 atom stereocenters. The lowest BCUT2D eigenvalue weighted by atomic mass is 9.92. The summed E-state index contributed by atoms with van der Waals surface area (Å²) in [5, 5.41) is 19.0. The molecule has 0 saturated carbocycles. The van der Waals surface area contributed by atoms with Crippen LogP contribution in [-0.2, 0) is 12.8 Å². The molecule has 336 valence electrons. The molecule has 8 aromatic rings. The van der Waals surface area contributed by atoms with Crippen molar-refractivity contribution in [2.45, 2.75) is 85.9 Å². The molecule has 1 N–H and O–H groups in total. The molecule has 64 heavy (non-hydrogen) atoms. The van der Waals surface area contributed by atoms with Crippen LogP contribution in [-0.4, -0.2) is 103 Å². The molecule has 0 spiro atoms. The maximum absolute atomic E-state index is 9.55. The monoisotopic (exact) mass is 966 g/mol. The van der Waals surface area contributed by atoms with Gasteiger partial charge < -0.3 is 19.6 Å². The summed E-state index contributed by atoms with van der Waals surface area (Å²) in [7, 11) is 0. The van der Waals surface area contributed by atoms with E-state index in [4.69, 9.17) is 4.74 Å². The summed E-state index contributed by atoms with van der Waals surface area (Å²) in [5.74, 6) is 2.57. The predicted octanol–water partition coefficient (Wildman–Crippen LogP) is 8.78. The Bertz CT molecular complexity index is 2560. The molecule has 16 nitrogen and oxygen atoms in total. The second-order valence-corrected chi connectivity index (χ2v) is 18.8. The molecule has 10 rings (SSSR count). The Morgan fingerprint density at radius 1 is 0.672 bits per heavy atom. The zero-order chi connectivity index (χ0) is 43.7. The van der Waals surface area contributed by atoms with Gasteiger partial charge in [0.1, 0.15) is 6.10 Å². The van der Waals surface area contributed by atoms with Crippen molar-refractivity contribution in [3.8, 4) is 27.7 Å². The van der Waals surface area contributed by atoms with Gasteiger partial charge in [-0.05, 0) is 127 Å². The second-order valence-electron chi connectivity index (χ2n) is 15.6. The van der Waals surface area contributed by atoms with Gasteiger partial charge in [-0.3, -0.25) is 9.97 Å². The van der Waals surface area contributed by atoms with Crippen LogP contribution in [0.2, 0.25) is 0 Å². The van der Waals surface area contributed by atoms with Crippen molar-refractivity contribution in [3.05, 3.63) is 101 Å². The number of rotatable bonds is 10. The van der Waals surface area contributed by atoms with E-state index in [1.165, 1.54) is 33.8 Å². The van der Waals surface area contributed by atoms with Gasteiger partial charge in [-0.15, -0.1) is 10.2 Å². The zero-order valence-corrected chi connectivity index (χ0v) is 39.0. The third kappa shape index (κ3) is 11.6. The summed E-state index contributed by atoms with van der Waals surface area (Å²) in [6.45, 7) is 12.0. The molecule has 2 saturated heterocycles. The molecule has 2 unspecified atom stereocenters. The lowest BCUT2D eigenvalue weighted by molar-refractivity contribution is 0.109. The minimum atomic E-state index is -0.194. The predicted molar refractivity (Wildman–Crippen MR) is 257 cm³/mol. The number of aliphatic hydroxyl groups excluding tert-OH is 1. The minimum Gasteiger partial charge on any atom is -0.466 e. The standard InChI is InChI=1S/C22H25N7OS.C13H21N3O.C9H5BrN4S.CH4/c1-3-16-12-24-20(25-13-16)28-10-6-17(7-11-28)15(2)30-22-27-29-14-19(26-21(29)31-22)18-4-8-23-9-5-18;1-3-11-8-14-13(15-9-11)16-6-4-12(5-7-16)10(2)17;10-8-13-14-5-7(12-9(14)15-8)6-1-3-11-4-2-6;/h4-5,8-9,12-15,17H,3,6-7,10-11H2,1-2H3;8-10,12,17H,3-7H2,1-2H3;1-5H;1H4. The van der Waals surface area contributed by atoms with Crippen LogP contribution in [0.3, 0.4) is 0 Å². The number of aromatic nitrogens is 12. The highest BCUT2D eigenvalue weighted by Crippen LogP contribution is 2.30. The van der Waals surface area contributed by atoms with Gasteiger partial charge in [0.15, 0.2) is 3.92 Å². The first-order valence-corrected chi connectivity index (χ1v) is 23.8. The van der Waals surface area contributed by atoms with Crippen LogP contribution >= 0.6 is 38.6 Å². The smallest absolute Gasteiger partial charge is 0.294 e. The molecule has 0 aromatic carbocycles. The number of halogens is 1. The van der Waals surface area contributed by atoms with Crippen molar-refractivity contribution in [2.24, 2.45) is 11.8 Å². The number of pyridine rings is 2. The third-order valence-electron chi connectivity index (χ3n) is 11.5. The van der Waals surface area contributed by atoms with Gasteiger partial charge in [-0.25, -0.2) is 38.9 Å². The van der Waals surface area contributed by atoms with Crippen LogP contribution in [0.5, 0.6) is 5.19 Å². The van der Waals surface area contributed by atoms with Crippen LogP contribution in [0.1, 0.15) is 71.9 Å². The van der Waals surface area contributed by atoms with E-state index in [-0.39, 0.29) is 19.6 Å². The first-order chi connectivity index (χ1) is 30.7. The topological polar surface area (TPSA) is 174 Å². The van der Waals surface area contributed by atoms with Crippen LogP contribution in [0.25, 0.3) is 32.4 Å². The summed E-state index contributed by atoms with van der Waals surface area (Å²) in [4.78, 5) is 41.2. The van der Waals surface area contributed by atoms with Gasteiger partial charge in [0.2, 0.25) is 21.8 Å². The highest BCUT2D eigenvalue weighted by atomic mass is 79.9. The molecule has 8 aromatic heterocycles. The first-order valence-electron chi connectivity index (χ1n) is 21.4.